The maximum absolute atomic E-state index is 12.4. The molecule has 0 amide bonds. The molecule has 2 heteroatoms. The Morgan fingerprint density at radius 1 is 0.889 bits per heavy atom. The van der Waals surface area contributed by atoms with Gasteiger partial charge in [0.2, 0.25) is 0 Å². The molecule has 1 aliphatic rings. The van der Waals surface area contributed by atoms with Gasteiger partial charge in [0.15, 0.2) is 0 Å². The van der Waals surface area contributed by atoms with Crippen molar-refractivity contribution < 1.29 is 4.79 Å². The Morgan fingerprint density at radius 3 is 1.93 bits per heavy atom. The van der Waals surface area contributed by atoms with Crippen LogP contribution >= 0.6 is 0 Å². The number of likely N-dealkylation sites (tertiary alicyclic amines) is 1. The maximum atomic E-state index is 12.4. The van der Waals surface area contributed by atoms with Crippen molar-refractivity contribution in [2.75, 3.05) is 13.1 Å². The van der Waals surface area contributed by atoms with Gasteiger partial charge in [-0.15, -0.1) is 0 Å². The quantitative estimate of drug-likeness (QED) is 0.616. The monoisotopic (exact) mass is 367 g/mol. The number of rotatable bonds is 5. The summed E-state index contributed by atoms with van der Waals surface area (Å²) in [5, 5.41) is 0. The minimum atomic E-state index is 0.135. The second-order valence-electron chi connectivity index (χ2n) is 6.83. The van der Waals surface area contributed by atoms with Gasteiger partial charge in [0.1, 0.15) is 5.78 Å². The molecular weight excluding hydrogens is 330 g/mol. The summed E-state index contributed by atoms with van der Waals surface area (Å²) in [4.78, 5) is 14.8. The zero-order chi connectivity index (χ0) is 20.1. The molecule has 1 saturated heterocycles. The molecule has 1 aliphatic heterocycles. The topological polar surface area (TPSA) is 20.3 Å². The summed E-state index contributed by atoms with van der Waals surface area (Å²) in [7, 11) is 0. The predicted octanol–water partition coefficient (Wildman–Crippen LogP) is 6.32. The highest BCUT2D eigenvalue weighted by molar-refractivity contribution is 5.82. The van der Waals surface area contributed by atoms with Gasteiger partial charge in [0.25, 0.3) is 0 Å². The Morgan fingerprint density at radius 2 is 1.41 bits per heavy atom. The van der Waals surface area contributed by atoms with Crippen LogP contribution in [0.15, 0.2) is 60.7 Å². The van der Waals surface area contributed by atoms with E-state index in [2.05, 4.69) is 67.3 Å². The number of hydrogen-bond acceptors (Lipinski definition) is 2. The lowest BCUT2D eigenvalue weighted by atomic mass is 9.85. The highest BCUT2D eigenvalue weighted by atomic mass is 16.1. The van der Waals surface area contributed by atoms with Crippen molar-refractivity contribution in [2.24, 2.45) is 5.92 Å². The van der Waals surface area contributed by atoms with Gasteiger partial charge in [-0.25, -0.2) is 0 Å². The number of benzene rings is 2. The molecule has 1 heterocycles. The third-order valence-corrected chi connectivity index (χ3v) is 4.63. The van der Waals surface area contributed by atoms with Crippen LogP contribution in [0.3, 0.4) is 0 Å². The average Bonchev–Trinajstić information content (AvgIpc) is 3.15. The van der Waals surface area contributed by atoms with Gasteiger partial charge in [0, 0.05) is 37.9 Å². The molecule has 0 bridgehead atoms. The third kappa shape index (κ3) is 7.30. The maximum Gasteiger partial charge on any atom is 0.137 e. The van der Waals surface area contributed by atoms with E-state index in [0.29, 0.717) is 18.1 Å². The molecule has 0 aromatic heterocycles. The first-order chi connectivity index (χ1) is 13.2. The van der Waals surface area contributed by atoms with Crippen molar-refractivity contribution in [1.82, 2.24) is 4.90 Å². The van der Waals surface area contributed by atoms with E-state index in [1.54, 1.807) is 0 Å². The zero-order valence-electron chi connectivity index (χ0n) is 17.8. The Bertz CT molecular complexity index is 623. The molecule has 148 valence electrons. The van der Waals surface area contributed by atoms with Crippen LogP contribution in [-0.4, -0.2) is 23.8 Å². The van der Waals surface area contributed by atoms with Crippen molar-refractivity contribution >= 4 is 5.78 Å². The lowest BCUT2D eigenvalue weighted by molar-refractivity contribution is -0.122. The van der Waals surface area contributed by atoms with Crippen LogP contribution in [-0.2, 0) is 11.3 Å². The molecule has 0 unspecified atom stereocenters. The lowest BCUT2D eigenvalue weighted by Crippen LogP contribution is -2.23. The summed E-state index contributed by atoms with van der Waals surface area (Å²) in [5.41, 5.74) is 2.61. The minimum absolute atomic E-state index is 0.135. The van der Waals surface area contributed by atoms with E-state index in [4.69, 9.17) is 0 Å². The van der Waals surface area contributed by atoms with E-state index >= 15 is 0 Å². The molecule has 1 fully saturated rings. The Kier molecular flexibility index (Phi) is 11.4. The zero-order valence-corrected chi connectivity index (χ0v) is 17.8. The Labute approximate surface area is 166 Å². The first kappa shape index (κ1) is 23.1. The second-order valence-corrected chi connectivity index (χ2v) is 6.83. The largest absolute Gasteiger partial charge is 0.299 e. The Hall–Kier alpha value is -1.93. The van der Waals surface area contributed by atoms with Crippen molar-refractivity contribution in [1.29, 1.82) is 0 Å². The third-order valence-electron chi connectivity index (χ3n) is 4.63. The van der Waals surface area contributed by atoms with Crippen LogP contribution in [0.25, 0.3) is 0 Å². The van der Waals surface area contributed by atoms with Crippen LogP contribution in [0.1, 0.15) is 64.5 Å². The molecule has 0 radical (unpaired) electrons. The molecular formula is C25H37NO. The van der Waals surface area contributed by atoms with E-state index in [9.17, 15) is 4.79 Å². The van der Waals surface area contributed by atoms with Gasteiger partial charge in [-0.05, 0) is 11.1 Å². The molecule has 0 spiro atoms. The highest BCUT2D eigenvalue weighted by Gasteiger charge is 2.37. The van der Waals surface area contributed by atoms with Crippen LogP contribution in [0.4, 0.5) is 0 Å². The van der Waals surface area contributed by atoms with Crippen LogP contribution in [0.2, 0.25) is 0 Å². The molecule has 2 aromatic carbocycles. The van der Waals surface area contributed by atoms with Gasteiger partial charge in [0.05, 0.1) is 0 Å². The smallest absolute Gasteiger partial charge is 0.137 e. The normalized spacial score (nSPS) is 18.7. The fourth-order valence-electron chi connectivity index (χ4n) is 3.48. The van der Waals surface area contributed by atoms with Gasteiger partial charge >= 0.3 is 0 Å². The van der Waals surface area contributed by atoms with E-state index in [-0.39, 0.29) is 5.92 Å². The van der Waals surface area contributed by atoms with Crippen LogP contribution in [0, 0.1) is 5.92 Å². The van der Waals surface area contributed by atoms with E-state index in [0.717, 1.165) is 19.6 Å². The van der Waals surface area contributed by atoms with E-state index < -0.39 is 0 Å². The predicted molar refractivity (Wildman–Crippen MR) is 117 cm³/mol. The molecule has 3 rings (SSSR count). The van der Waals surface area contributed by atoms with E-state index in [1.807, 2.05) is 32.9 Å². The number of carbonyl (C=O) groups excluding carboxylic acids is 1. The SMILES string of the molecule is CC.CCC.CCC(=O)[C@H]1CN(Cc2ccccc2)C[C@@H]1c1ccccc1. The standard InChI is InChI=1S/C20H23NO.C3H8.C2H6/c1-2-20(22)19-15-21(13-16-9-5-3-6-10-16)14-18(19)17-11-7-4-8-12-17;1-3-2;1-2/h3-12,18-19H,2,13-15H2,1H3;3H2,1-2H3;1-2H3/t18-,19+;;/m1../s1. The summed E-state index contributed by atoms with van der Waals surface area (Å²) in [6.45, 7) is 13.0. The number of ketones is 1. The molecule has 0 N–H and O–H groups in total. The van der Waals surface area contributed by atoms with E-state index in [1.165, 1.54) is 17.5 Å². The summed E-state index contributed by atoms with van der Waals surface area (Å²) in [6, 6.07) is 21.0. The number of Topliss-reactive ketones (excluding diaryl/α,β-unsaturated/α-hetero) is 1. The van der Waals surface area contributed by atoms with Gasteiger partial charge < -0.3 is 0 Å². The van der Waals surface area contributed by atoms with Crippen molar-refractivity contribution in [3.63, 3.8) is 0 Å². The van der Waals surface area contributed by atoms with Crippen molar-refractivity contribution in [2.45, 2.75) is 59.9 Å². The molecule has 0 saturated carbocycles. The Balaban J connectivity index is 0.000000665. The minimum Gasteiger partial charge on any atom is -0.299 e. The van der Waals surface area contributed by atoms with Crippen molar-refractivity contribution in [3.05, 3.63) is 71.8 Å². The summed E-state index contributed by atoms with van der Waals surface area (Å²) in [6.07, 6.45) is 1.88. The lowest BCUT2D eigenvalue weighted by Gasteiger charge is -2.17. The molecule has 2 aromatic rings. The number of hydrogen-bond donors (Lipinski definition) is 0. The van der Waals surface area contributed by atoms with Gasteiger partial charge in [-0.2, -0.15) is 0 Å². The second kappa shape index (κ2) is 13.3. The van der Waals surface area contributed by atoms with Crippen LogP contribution < -0.4 is 0 Å². The fourth-order valence-corrected chi connectivity index (χ4v) is 3.48. The molecule has 2 nitrogen and oxygen atoms in total. The summed E-state index contributed by atoms with van der Waals surface area (Å²) < 4.78 is 0. The first-order valence-electron chi connectivity index (χ1n) is 10.5. The van der Waals surface area contributed by atoms with Crippen LogP contribution in [0.5, 0.6) is 0 Å². The summed E-state index contributed by atoms with van der Waals surface area (Å²) >= 11 is 0. The molecule has 27 heavy (non-hydrogen) atoms. The number of carbonyl (C=O) groups is 1. The number of nitrogens with zero attached hydrogens (tertiary/aromatic N) is 1. The average molecular weight is 368 g/mol. The van der Waals surface area contributed by atoms with Crippen molar-refractivity contribution in [3.8, 4) is 0 Å². The first-order valence-corrected chi connectivity index (χ1v) is 10.5. The van der Waals surface area contributed by atoms with Gasteiger partial charge in [-0.3, -0.25) is 9.69 Å². The molecule has 2 atom stereocenters. The van der Waals surface area contributed by atoms with Gasteiger partial charge in [-0.1, -0.05) is 102 Å². The fraction of sp³-hybridized carbons (Fsp3) is 0.480. The summed E-state index contributed by atoms with van der Waals surface area (Å²) in [5.74, 6) is 0.859. The highest BCUT2D eigenvalue weighted by Crippen LogP contribution is 2.34. The molecule has 0 aliphatic carbocycles.